The van der Waals surface area contributed by atoms with Gasteiger partial charge in [0.2, 0.25) is 10.0 Å². The molecule has 0 saturated carbocycles. The molecule has 1 heterocycles. The Morgan fingerprint density at radius 3 is 2.40 bits per heavy atom. The molecule has 0 saturated heterocycles. The number of rotatable bonds is 3. The third-order valence-corrected chi connectivity index (χ3v) is 4.55. The zero-order valence-electron chi connectivity index (χ0n) is 13.9. The minimum absolute atomic E-state index is 0.322. The van der Waals surface area contributed by atoms with Crippen LogP contribution in [0.25, 0.3) is 5.57 Å². The number of hydrogen-bond donors (Lipinski definition) is 1. The number of fused-ring (bicyclic) bond motifs is 1. The molecule has 0 amide bonds. The van der Waals surface area contributed by atoms with E-state index in [1.54, 1.807) is 18.2 Å². The highest BCUT2D eigenvalue weighted by Gasteiger charge is 2.29. The normalized spacial score (nSPS) is 15.8. The molecule has 0 atom stereocenters. The molecule has 0 unspecified atom stereocenters. The second kappa shape index (κ2) is 6.04. The van der Waals surface area contributed by atoms with E-state index in [4.69, 9.17) is 16.3 Å². The van der Waals surface area contributed by atoms with Gasteiger partial charge in [0, 0.05) is 11.6 Å². The highest BCUT2D eigenvalue weighted by molar-refractivity contribution is 7.92. The van der Waals surface area contributed by atoms with Crippen LogP contribution < -0.4 is 9.46 Å². The summed E-state index contributed by atoms with van der Waals surface area (Å²) in [5.74, 6) is 0.139. The van der Waals surface area contributed by atoms with Crippen molar-refractivity contribution in [3.8, 4) is 5.75 Å². The largest absolute Gasteiger partial charge is 0.483 e. The Labute approximate surface area is 151 Å². The van der Waals surface area contributed by atoms with E-state index in [0.29, 0.717) is 22.0 Å². The van der Waals surface area contributed by atoms with E-state index in [1.807, 2.05) is 19.9 Å². The first kappa shape index (κ1) is 17.8. The molecule has 3 rings (SSSR count). The van der Waals surface area contributed by atoms with Crippen LogP contribution in [-0.2, 0) is 10.0 Å². The molecule has 0 aromatic heterocycles. The van der Waals surface area contributed by atoms with Crippen LogP contribution in [0.3, 0.4) is 0 Å². The lowest BCUT2D eigenvalue weighted by atomic mass is 9.89. The number of benzene rings is 2. The second-order valence-electron chi connectivity index (χ2n) is 6.48. The van der Waals surface area contributed by atoms with Crippen molar-refractivity contribution in [3.05, 3.63) is 64.4 Å². The molecule has 0 fully saturated rings. The van der Waals surface area contributed by atoms with E-state index in [9.17, 15) is 12.8 Å². The van der Waals surface area contributed by atoms with Gasteiger partial charge in [0.1, 0.15) is 17.2 Å². The fourth-order valence-corrected chi connectivity index (χ4v) is 3.64. The number of hydrogen-bond acceptors (Lipinski definition) is 3. The molecule has 2 aromatic carbocycles. The molecule has 0 aliphatic carbocycles. The molecule has 0 radical (unpaired) electrons. The van der Waals surface area contributed by atoms with Crippen LogP contribution in [0.5, 0.6) is 5.75 Å². The van der Waals surface area contributed by atoms with Gasteiger partial charge >= 0.3 is 0 Å². The van der Waals surface area contributed by atoms with Crippen LogP contribution in [0.4, 0.5) is 10.1 Å². The highest BCUT2D eigenvalue weighted by Crippen LogP contribution is 2.44. The topological polar surface area (TPSA) is 55.4 Å². The third-order valence-electron chi connectivity index (χ3n) is 3.65. The molecular formula is C18H17ClFNO3S. The molecule has 4 nitrogen and oxygen atoms in total. The van der Waals surface area contributed by atoms with E-state index in [-0.39, 0.29) is 5.82 Å². The number of sulfonamides is 1. The van der Waals surface area contributed by atoms with Gasteiger partial charge in [-0.15, -0.1) is 0 Å². The summed E-state index contributed by atoms with van der Waals surface area (Å²) in [6.07, 6.45) is 2.98. The molecule has 132 valence electrons. The number of anilines is 1. The number of nitrogens with one attached hydrogen (secondary N) is 1. The van der Waals surface area contributed by atoms with Crippen molar-refractivity contribution in [3.63, 3.8) is 0 Å². The van der Waals surface area contributed by atoms with E-state index < -0.39 is 15.6 Å². The van der Waals surface area contributed by atoms with Gasteiger partial charge in [0.05, 0.1) is 17.0 Å². The molecule has 0 bridgehead atoms. The molecule has 1 aliphatic rings. The first-order chi connectivity index (χ1) is 11.5. The Balaban J connectivity index is 2.17. The molecule has 0 spiro atoms. The third kappa shape index (κ3) is 3.96. The van der Waals surface area contributed by atoms with Crippen molar-refractivity contribution in [2.45, 2.75) is 19.4 Å². The van der Waals surface area contributed by atoms with Gasteiger partial charge in [0.15, 0.2) is 0 Å². The lowest BCUT2D eigenvalue weighted by Gasteiger charge is -2.32. The predicted molar refractivity (Wildman–Crippen MR) is 98.1 cm³/mol. The van der Waals surface area contributed by atoms with Crippen molar-refractivity contribution in [1.29, 1.82) is 0 Å². The average molecular weight is 382 g/mol. The van der Waals surface area contributed by atoms with Crippen molar-refractivity contribution < 1.29 is 17.5 Å². The zero-order valence-corrected chi connectivity index (χ0v) is 15.5. The lowest BCUT2D eigenvalue weighted by molar-refractivity contribution is 0.158. The minimum atomic E-state index is -3.44. The fraction of sp³-hybridized carbons (Fsp3) is 0.222. The number of halogens is 2. The van der Waals surface area contributed by atoms with Crippen LogP contribution in [0, 0.1) is 5.82 Å². The van der Waals surface area contributed by atoms with Crippen LogP contribution >= 0.6 is 11.6 Å². The Kier molecular flexibility index (Phi) is 4.29. The fourth-order valence-electron chi connectivity index (χ4n) is 2.79. The van der Waals surface area contributed by atoms with Crippen LogP contribution in [0.1, 0.15) is 25.0 Å². The quantitative estimate of drug-likeness (QED) is 0.854. The molecule has 7 heteroatoms. The summed E-state index contributed by atoms with van der Waals surface area (Å²) in [5, 5.41) is 0.342. The van der Waals surface area contributed by atoms with Gasteiger partial charge < -0.3 is 4.74 Å². The predicted octanol–water partition coefficient (Wildman–Crippen LogP) is 4.45. The Morgan fingerprint density at radius 1 is 1.16 bits per heavy atom. The summed E-state index contributed by atoms with van der Waals surface area (Å²) in [7, 11) is -3.44. The van der Waals surface area contributed by atoms with Gasteiger partial charge in [0.25, 0.3) is 0 Å². The van der Waals surface area contributed by atoms with Gasteiger partial charge in [-0.3, -0.25) is 4.72 Å². The van der Waals surface area contributed by atoms with Crippen LogP contribution in [0.2, 0.25) is 5.02 Å². The SMILES string of the molecule is CC1(C)C=C(c2ccc(F)cc2)c2c(Cl)cc(NS(C)(=O)=O)cc2O1. The van der Waals surface area contributed by atoms with Gasteiger partial charge in [-0.1, -0.05) is 23.7 Å². The lowest BCUT2D eigenvalue weighted by Crippen LogP contribution is -2.29. The van der Waals surface area contributed by atoms with E-state index in [1.165, 1.54) is 18.2 Å². The van der Waals surface area contributed by atoms with Gasteiger partial charge in [-0.2, -0.15) is 0 Å². The van der Waals surface area contributed by atoms with Crippen LogP contribution in [0.15, 0.2) is 42.5 Å². The minimum Gasteiger partial charge on any atom is -0.483 e. The maximum absolute atomic E-state index is 13.3. The summed E-state index contributed by atoms with van der Waals surface area (Å²) >= 11 is 6.42. The zero-order chi connectivity index (χ0) is 18.4. The summed E-state index contributed by atoms with van der Waals surface area (Å²) in [5.41, 5.74) is 1.94. The van der Waals surface area contributed by atoms with E-state index in [2.05, 4.69) is 4.72 Å². The highest BCUT2D eigenvalue weighted by atomic mass is 35.5. The summed E-state index contributed by atoms with van der Waals surface area (Å²) in [4.78, 5) is 0. The summed E-state index contributed by atoms with van der Waals surface area (Å²) in [6.45, 7) is 3.76. The van der Waals surface area contributed by atoms with Crippen LogP contribution in [-0.4, -0.2) is 20.3 Å². The summed E-state index contributed by atoms with van der Waals surface area (Å²) < 4.78 is 44.6. The number of ether oxygens (including phenoxy) is 1. The maximum Gasteiger partial charge on any atom is 0.229 e. The molecular weight excluding hydrogens is 365 g/mol. The second-order valence-corrected chi connectivity index (χ2v) is 8.63. The molecule has 2 aromatic rings. The van der Waals surface area contributed by atoms with Gasteiger partial charge in [-0.05, 0) is 49.3 Å². The van der Waals surface area contributed by atoms with Crippen molar-refractivity contribution in [2.24, 2.45) is 0 Å². The smallest absolute Gasteiger partial charge is 0.229 e. The summed E-state index contributed by atoms with van der Waals surface area (Å²) in [6, 6.07) is 9.23. The van der Waals surface area contributed by atoms with Crippen molar-refractivity contribution >= 4 is 32.9 Å². The first-order valence-corrected chi connectivity index (χ1v) is 9.80. The Hall–Kier alpha value is -2.05. The van der Waals surface area contributed by atoms with Crippen molar-refractivity contribution in [2.75, 3.05) is 11.0 Å². The van der Waals surface area contributed by atoms with Gasteiger partial charge in [-0.25, -0.2) is 12.8 Å². The van der Waals surface area contributed by atoms with E-state index >= 15 is 0 Å². The first-order valence-electron chi connectivity index (χ1n) is 7.54. The molecule has 25 heavy (non-hydrogen) atoms. The Morgan fingerprint density at radius 2 is 1.80 bits per heavy atom. The average Bonchev–Trinajstić information content (AvgIpc) is 2.43. The molecule has 1 aliphatic heterocycles. The monoisotopic (exact) mass is 381 g/mol. The van der Waals surface area contributed by atoms with E-state index in [0.717, 1.165) is 17.4 Å². The Bertz CT molecular complexity index is 967. The maximum atomic E-state index is 13.3. The van der Waals surface area contributed by atoms with Crippen molar-refractivity contribution in [1.82, 2.24) is 0 Å². The standard InChI is InChI=1S/C18H17ClFNO3S/c1-18(2)10-14(11-4-6-12(20)7-5-11)17-15(19)8-13(9-16(17)24-18)21-25(3,22)23/h4-10,21H,1-3H3. The molecule has 1 N–H and O–H groups in total.